The molecule has 1 saturated carbocycles. The number of nitrogens with one attached hydrogen (secondary N) is 1. The molecule has 1 aromatic carbocycles. The van der Waals surface area contributed by atoms with E-state index in [2.05, 4.69) is 10.3 Å². The van der Waals surface area contributed by atoms with Crippen LogP contribution in [0.2, 0.25) is 0 Å². The normalized spacial score (nSPS) is 15.0. The first-order chi connectivity index (χ1) is 13.2. The minimum absolute atomic E-state index is 0.212. The first-order valence-corrected chi connectivity index (χ1v) is 9.35. The Bertz CT molecular complexity index is 869. The van der Waals surface area contributed by atoms with Gasteiger partial charge in [-0.1, -0.05) is 25.7 Å². The second-order valence-electron chi connectivity index (χ2n) is 6.96. The first kappa shape index (κ1) is 19.0. The third-order valence-corrected chi connectivity index (χ3v) is 5.15. The summed E-state index contributed by atoms with van der Waals surface area (Å²) in [5, 5.41) is 10.0. The van der Waals surface area contributed by atoms with Gasteiger partial charge >= 0.3 is 0 Å². The molecule has 2 aliphatic rings. The van der Waals surface area contributed by atoms with E-state index in [1.807, 2.05) is 0 Å². The van der Waals surface area contributed by atoms with Crippen molar-refractivity contribution in [1.82, 2.24) is 9.97 Å². The quantitative estimate of drug-likeness (QED) is 0.822. The smallest absolute Gasteiger partial charge is 0.212 e. The monoisotopic (exact) mass is 366 g/mol. The maximum atomic E-state index is 13.5. The van der Waals surface area contributed by atoms with E-state index in [0.29, 0.717) is 18.1 Å². The zero-order valence-electron chi connectivity index (χ0n) is 15.5. The summed E-state index contributed by atoms with van der Waals surface area (Å²) in [5.41, 5.74) is 4.54. The SMILES string of the molecule is CC#N.O=CNc1nc2c(nc1CC1CCCC1)-c1ccc(F)cc1CC2. The minimum atomic E-state index is -0.212. The Kier molecular flexibility index (Phi) is 6.12. The Morgan fingerprint density at radius 3 is 2.74 bits per heavy atom. The van der Waals surface area contributed by atoms with Gasteiger partial charge in [-0.15, -0.1) is 0 Å². The molecule has 1 N–H and O–H groups in total. The van der Waals surface area contributed by atoms with Crippen LogP contribution in [0.4, 0.5) is 10.2 Å². The number of amides is 1. The Hall–Kier alpha value is -2.81. The summed E-state index contributed by atoms with van der Waals surface area (Å²) in [6, 6.07) is 6.61. The van der Waals surface area contributed by atoms with Crippen LogP contribution >= 0.6 is 0 Å². The minimum Gasteiger partial charge on any atom is -0.312 e. The van der Waals surface area contributed by atoms with E-state index >= 15 is 0 Å². The highest BCUT2D eigenvalue weighted by Crippen LogP contribution is 2.35. The predicted molar refractivity (Wildman–Crippen MR) is 101 cm³/mol. The fourth-order valence-corrected chi connectivity index (χ4v) is 3.95. The van der Waals surface area contributed by atoms with Gasteiger partial charge in [0.05, 0.1) is 23.2 Å². The lowest BCUT2D eigenvalue weighted by Crippen LogP contribution is -2.15. The lowest BCUT2D eigenvalue weighted by Gasteiger charge is -2.21. The number of fused-ring (bicyclic) bond motifs is 3. The highest BCUT2D eigenvalue weighted by molar-refractivity contribution is 5.74. The second kappa shape index (κ2) is 8.72. The molecule has 1 amide bonds. The van der Waals surface area contributed by atoms with E-state index in [4.69, 9.17) is 10.2 Å². The van der Waals surface area contributed by atoms with E-state index in [1.165, 1.54) is 38.7 Å². The molecular formula is C21H23FN4O. The molecule has 2 aliphatic carbocycles. The molecule has 5 nitrogen and oxygen atoms in total. The fraction of sp³-hybridized carbons (Fsp3) is 0.429. The van der Waals surface area contributed by atoms with Crippen LogP contribution in [0.1, 0.15) is 49.6 Å². The molecule has 1 aromatic heterocycles. The van der Waals surface area contributed by atoms with Crippen LogP contribution in [0.25, 0.3) is 11.3 Å². The topological polar surface area (TPSA) is 78.7 Å². The number of hydrogen-bond acceptors (Lipinski definition) is 4. The molecule has 2 aromatic rings. The summed E-state index contributed by atoms with van der Waals surface area (Å²) in [6.45, 7) is 1.43. The van der Waals surface area contributed by atoms with Gasteiger partial charge in [-0.25, -0.2) is 14.4 Å². The number of rotatable bonds is 4. The zero-order chi connectivity index (χ0) is 19.2. The molecule has 0 unspecified atom stereocenters. The van der Waals surface area contributed by atoms with Crippen LogP contribution < -0.4 is 5.32 Å². The third kappa shape index (κ3) is 4.30. The molecule has 4 rings (SSSR count). The maximum Gasteiger partial charge on any atom is 0.212 e. The number of nitrogens with zero attached hydrogens (tertiary/aromatic N) is 3. The van der Waals surface area contributed by atoms with Gasteiger partial charge in [-0.3, -0.25) is 4.79 Å². The fourth-order valence-electron chi connectivity index (χ4n) is 3.95. The molecule has 0 spiro atoms. The zero-order valence-corrected chi connectivity index (χ0v) is 15.5. The van der Waals surface area contributed by atoms with Crippen molar-refractivity contribution in [2.24, 2.45) is 5.92 Å². The summed E-state index contributed by atoms with van der Waals surface area (Å²) < 4.78 is 13.5. The molecule has 27 heavy (non-hydrogen) atoms. The van der Waals surface area contributed by atoms with E-state index in [1.54, 1.807) is 18.2 Å². The maximum absolute atomic E-state index is 13.5. The van der Waals surface area contributed by atoms with Crippen LogP contribution in [-0.2, 0) is 24.1 Å². The van der Waals surface area contributed by atoms with Gasteiger partial charge in [-0.05, 0) is 48.9 Å². The van der Waals surface area contributed by atoms with Crippen molar-refractivity contribution in [3.05, 3.63) is 41.0 Å². The molecule has 6 heteroatoms. The van der Waals surface area contributed by atoms with Crippen molar-refractivity contribution in [3.63, 3.8) is 0 Å². The van der Waals surface area contributed by atoms with Crippen LogP contribution in [0.5, 0.6) is 0 Å². The summed E-state index contributed by atoms with van der Waals surface area (Å²) in [7, 11) is 0. The second-order valence-corrected chi connectivity index (χ2v) is 6.96. The molecule has 1 fully saturated rings. The van der Waals surface area contributed by atoms with Gasteiger partial charge in [0.25, 0.3) is 0 Å². The van der Waals surface area contributed by atoms with Crippen molar-refractivity contribution in [3.8, 4) is 17.3 Å². The van der Waals surface area contributed by atoms with E-state index in [9.17, 15) is 9.18 Å². The van der Waals surface area contributed by atoms with Crippen LogP contribution in [0, 0.1) is 23.1 Å². The number of aryl methyl sites for hydroxylation is 2. The molecule has 140 valence electrons. The van der Waals surface area contributed by atoms with Gasteiger partial charge in [0.1, 0.15) is 5.82 Å². The molecular weight excluding hydrogens is 343 g/mol. The highest BCUT2D eigenvalue weighted by Gasteiger charge is 2.24. The van der Waals surface area contributed by atoms with Gasteiger partial charge in [0, 0.05) is 12.5 Å². The standard InChI is InChI=1S/C19H20FN3O.C2H3N/c20-14-6-7-15-13(10-14)5-8-16-18(15)22-17(19(23-16)21-11-24)9-12-3-1-2-4-12;1-2-3/h6-7,10-12H,1-5,8-9H2,(H,21,23,24);1H3. The molecule has 0 bridgehead atoms. The predicted octanol–water partition coefficient (Wildman–Crippen LogP) is 4.21. The third-order valence-electron chi connectivity index (χ3n) is 5.15. The lowest BCUT2D eigenvalue weighted by atomic mass is 9.91. The number of carbonyl (C=O) groups is 1. The average molecular weight is 366 g/mol. The van der Waals surface area contributed by atoms with Gasteiger partial charge in [0.15, 0.2) is 5.82 Å². The average Bonchev–Trinajstić information content (AvgIpc) is 3.16. The molecule has 0 aliphatic heterocycles. The lowest BCUT2D eigenvalue weighted by molar-refractivity contribution is -0.105. The molecule has 1 heterocycles. The van der Waals surface area contributed by atoms with Gasteiger partial charge in [0.2, 0.25) is 6.41 Å². The molecule has 0 saturated heterocycles. The Balaban J connectivity index is 0.000000659. The number of hydrogen-bond donors (Lipinski definition) is 1. The van der Waals surface area contributed by atoms with Crippen molar-refractivity contribution >= 4 is 12.2 Å². The van der Waals surface area contributed by atoms with Crippen LogP contribution in [0.15, 0.2) is 18.2 Å². The summed E-state index contributed by atoms with van der Waals surface area (Å²) >= 11 is 0. The number of benzene rings is 1. The summed E-state index contributed by atoms with van der Waals surface area (Å²) in [5.74, 6) is 0.984. The number of aromatic nitrogens is 2. The largest absolute Gasteiger partial charge is 0.312 e. The van der Waals surface area contributed by atoms with Crippen molar-refractivity contribution in [2.75, 3.05) is 5.32 Å². The molecule has 0 atom stereocenters. The molecule has 0 radical (unpaired) electrons. The van der Waals surface area contributed by atoms with E-state index in [-0.39, 0.29) is 5.82 Å². The van der Waals surface area contributed by atoms with Crippen LogP contribution in [-0.4, -0.2) is 16.4 Å². The summed E-state index contributed by atoms with van der Waals surface area (Å²) in [4.78, 5) is 20.5. The Morgan fingerprint density at radius 1 is 1.30 bits per heavy atom. The highest BCUT2D eigenvalue weighted by atomic mass is 19.1. The number of anilines is 1. The van der Waals surface area contributed by atoms with Crippen LogP contribution in [0.3, 0.4) is 0 Å². The van der Waals surface area contributed by atoms with E-state index < -0.39 is 0 Å². The van der Waals surface area contributed by atoms with Crippen molar-refractivity contribution < 1.29 is 9.18 Å². The number of nitriles is 1. The van der Waals surface area contributed by atoms with Crippen molar-refractivity contribution in [1.29, 1.82) is 5.26 Å². The van der Waals surface area contributed by atoms with Crippen molar-refractivity contribution in [2.45, 2.75) is 51.9 Å². The number of carbonyl (C=O) groups excluding carboxylic acids is 1. The van der Waals surface area contributed by atoms with E-state index in [0.717, 1.165) is 47.5 Å². The first-order valence-electron chi connectivity index (χ1n) is 9.35. The van der Waals surface area contributed by atoms with Gasteiger partial charge in [-0.2, -0.15) is 5.26 Å². The Labute approximate surface area is 158 Å². The summed E-state index contributed by atoms with van der Waals surface area (Å²) in [6.07, 6.45) is 7.92. The van der Waals surface area contributed by atoms with Gasteiger partial charge < -0.3 is 5.32 Å². The Morgan fingerprint density at radius 2 is 2.04 bits per heavy atom. The number of halogens is 1.